The second kappa shape index (κ2) is 4.80. The molecule has 0 radical (unpaired) electrons. The van der Waals surface area contributed by atoms with E-state index in [4.69, 9.17) is 0 Å². The highest BCUT2D eigenvalue weighted by atomic mass is 19.1. The Labute approximate surface area is 110 Å². The summed E-state index contributed by atoms with van der Waals surface area (Å²) in [6.07, 6.45) is 3.52. The van der Waals surface area contributed by atoms with Gasteiger partial charge < -0.3 is 0 Å². The van der Waals surface area contributed by atoms with E-state index in [9.17, 15) is 9.18 Å². The van der Waals surface area contributed by atoms with E-state index in [1.54, 1.807) is 35.4 Å². The topological polar surface area (TPSA) is 33.2 Å². The molecule has 2 aromatic rings. The molecule has 1 aromatic heterocycles. The number of anilines is 1. The van der Waals surface area contributed by atoms with Crippen LogP contribution in [0.4, 0.5) is 10.2 Å². The van der Waals surface area contributed by atoms with Crippen LogP contribution in [-0.4, -0.2) is 16.9 Å². The summed E-state index contributed by atoms with van der Waals surface area (Å²) in [5, 5.41) is 0. The number of amides is 1. The fourth-order valence-corrected chi connectivity index (χ4v) is 2.05. The summed E-state index contributed by atoms with van der Waals surface area (Å²) < 4.78 is 13.7. The van der Waals surface area contributed by atoms with Gasteiger partial charge in [-0.3, -0.25) is 9.69 Å². The van der Waals surface area contributed by atoms with Gasteiger partial charge in [-0.25, -0.2) is 9.37 Å². The van der Waals surface area contributed by atoms with Gasteiger partial charge in [-0.1, -0.05) is 18.2 Å². The van der Waals surface area contributed by atoms with E-state index in [2.05, 4.69) is 4.98 Å². The number of pyridine rings is 1. The smallest absolute Gasteiger partial charge is 0.262 e. The van der Waals surface area contributed by atoms with Crippen molar-refractivity contribution in [3.63, 3.8) is 0 Å². The summed E-state index contributed by atoms with van der Waals surface area (Å²) in [5.41, 5.74) is 0.0973. The van der Waals surface area contributed by atoms with Gasteiger partial charge in [0.05, 0.1) is 5.56 Å². The van der Waals surface area contributed by atoms with Gasteiger partial charge in [-0.15, -0.1) is 0 Å². The van der Waals surface area contributed by atoms with Gasteiger partial charge >= 0.3 is 0 Å². The van der Waals surface area contributed by atoms with Gasteiger partial charge in [0, 0.05) is 12.2 Å². The van der Waals surface area contributed by atoms with Gasteiger partial charge in [0.15, 0.2) is 0 Å². The Morgan fingerprint density at radius 2 is 1.89 bits per heavy atom. The van der Waals surface area contributed by atoms with Crippen molar-refractivity contribution in [2.45, 2.75) is 18.9 Å². The van der Waals surface area contributed by atoms with Gasteiger partial charge in [-0.2, -0.15) is 0 Å². The average molecular weight is 256 g/mol. The fourth-order valence-electron chi connectivity index (χ4n) is 2.05. The standard InChI is InChI=1S/C15H13FN2O/c16-13-6-2-1-5-12(13)15(19)18(11-8-9-11)14-7-3-4-10-17-14/h1-7,10-11H,8-9H2. The highest BCUT2D eigenvalue weighted by molar-refractivity contribution is 6.06. The Hall–Kier alpha value is -2.23. The molecule has 19 heavy (non-hydrogen) atoms. The van der Waals surface area contributed by atoms with Crippen molar-refractivity contribution in [2.75, 3.05) is 4.90 Å². The molecule has 96 valence electrons. The van der Waals surface area contributed by atoms with Crippen LogP contribution in [-0.2, 0) is 0 Å². The maximum Gasteiger partial charge on any atom is 0.262 e. The minimum absolute atomic E-state index is 0.0973. The van der Waals surface area contributed by atoms with Gasteiger partial charge in [0.2, 0.25) is 0 Å². The molecule has 4 heteroatoms. The van der Waals surface area contributed by atoms with E-state index in [0.29, 0.717) is 5.82 Å². The van der Waals surface area contributed by atoms with Crippen LogP contribution in [0.1, 0.15) is 23.2 Å². The molecule has 1 amide bonds. The molecule has 0 spiro atoms. The second-order valence-corrected chi connectivity index (χ2v) is 4.57. The molecule has 1 aromatic carbocycles. The zero-order valence-corrected chi connectivity index (χ0v) is 10.3. The third kappa shape index (κ3) is 2.34. The van der Waals surface area contributed by atoms with Gasteiger partial charge in [0.25, 0.3) is 5.91 Å². The largest absolute Gasteiger partial charge is 0.289 e. The number of nitrogens with zero attached hydrogens (tertiary/aromatic N) is 2. The predicted octanol–water partition coefficient (Wildman–Crippen LogP) is 3.03. The fraction of sp³-hybridized carbons (Fsp3) is 0.200. The molecule has 1 aliphatic rings. The minimum atomic E-state index is -0.492. The molecule has 3 nitrogen and oxygen atoms in total. The number of benzene rings is 1. The SMILES string of the molecule is O=C(c1ccccc1F)N(c1ccccn1)C1CC1. The molecule has 0 bridgehead atoms. The van der Waals surface area contributed by atoms with Crippen LogP contribution >= 0.6 is 0 Å². The first-order chi connectivity index (χ1) is 9.27. The van der Waals surface area contributed by atoms with Crippen molar-refractivity contribution in [3.05, 3.63) is 60.0 Å². The molecule has 0 aliphatic heterocycles. The lowest BCUT2D eigenvalue weighted by atomic mass is 10.2. The molecule has 1 heterocycles. The molecular weight excluding hydrogens is 243 g/mol. The number of aromatic nitrogens is 1. The lowest BCUT2D eigenvalue weighted by Gasteiger charge is -2.21. The van der Waals surface area contributed by atoms with E-state index in [-0.39, 0.29) is 17.5 Å². The second-order valence-electron chi connectivity index (χ2n) is 4.57. The number of carbonyl (C=O) groups is 1. The van der Waals surface area contributed by atoms with E-state index in [1.807, 2.05) is 6.07 Å². The molecular formula is C15H13FN2O. The third-order valence-electron chi connectivity index (χ3n) is 3.13. The van der Waals surface area contributed by atoms with Crippen molar-refractivity contribution in [3.8, 4) is 0 Å². The van der Waals surface area contributed by atoms with E-state index >= 15 is 0 Å². The molecule has 0 N–H and O–H groups in total. The minimum Gasteiger partial charge on any atom is -0.289 e. The quantitative estimate of drug-likeness (QED) is 0.845. The van der Waals surface area contributed by atoms with Crippen LogP contribution in [0.5, 0.6) is 0 Å². The number of halogens is 1. The summed E-state index contributed by atoms with van der Waals surface area (Å²) in [6.45, 7) is 0. The number of rotatable bonds is 3. The normalized spacial score (nSPS) is 14.2. The first kappa shape index (κ1) is 11.8. The van der Waals surface area contributed by atoms with Crippen LogP contribution in [0.3, 0.4) is 0 Å². The van der Waals surface area contributed by atoms with Crippen LogP contribution in [0.25, 0.3) is 0 Å². The number of hydrogen-bond donors (Lipinski definition) is 0. The molecule has 1 saturated carbocycles. The third-order valence-corrected chi connectivity index (χ3v) is 3.13. The molecule has 0 unspecified atom stereocenters. The number of hydrogen-bond acceptors (Lipinski definition) is 2. The van der Waals surface area contributed by atoms with E-state index in [1.165, 1.54) is 12.1 Å². The zero-order chi connectivity index (χ0) is 13.2. The lowest BCUT2D eigenvalue weighted by Crippen LogP contribution is -2.34. The van der Waals surface area contributed by atoms with E-state index < -0.39 is 5.82 Å². The Balaban J connectivity index is 1.98. The molecule has 3 rings (SSSR count). The molecule has 0 saturated heterocycles. The Morgan fingerprint density at radius 3 is 2.53 bits per heavy atom. The first-order valence-electron chi connectivity index (χ1n) is 6.26. The lowest BCUT2D eigenvalue weighted by molar-refractivity contribution is 0.0980. The Bertz CT molecular complexity index is 596. The van der Waals surface area contributed by atoms with Gasteiger partial charge in [-0.05, 0) is 37.1 Å². The van der Waals surface area contributed by atoms with Crippen molar-refractivity contribution >= 4 is 11.7 Å². The van der Waals surface area contributed by atoms with Crippen LogP contribution in [0.2, 0.25) is 0 Å². The van der Waals surface area contributed by atoms with Crippen molar-refractivity contribution in [1.82, 2.24) is 4.98 Å². The average Bonchev–Trinajstić information content (AvgIpc) is 3.25. The highest BCUT2D eigenvalue weighted by Crippen LogP contribution is 2.32. The summed E-state index contributed by atoms with van der Waals surface area (Å²) >= 11 is 0. The van der Waals surface area contributed by atoms with Crippen LogP contribution < -0.4 is 4.90 Å². The molecule has 1 aliphatic carbocycles. The summed E-state index contributed by atoms with van der Waals surface area (Å²) in [7, 11) is 0. The summed E-state index contributed by atoms with van der Waals surface area (Å²) in [4.78, 5) is 18.3. The summed E-state index contributed by atoms with van der Waals surface area (Å²) in [6, 6.07) is 11.6. The summed E-state index contributed by atoms with van der Waals surface area (Å²) in [5.74, 6) is -0.230. The Kier molecular flexibility index (Phi) is 2.99. The van der Waals surface area contributed by atoms with Crippen molar-refractivity contribution in [1.29, 1.82) is 0 Å². The van der Waals surface area contributed by atoms with E-state index in [0.717, 1.165) is 12.8 Å². The maximum absolute atomic E-state index is 13.7. The van der Waals surface area contributed by atoms with Crippen molar-refractivity contribution in [2.24, 2.45) is 0 Å². The maximum atomic E-state index is 13.7. The first-order valence-corrected chi connectivity index (χ1v) is 6.26. The zero-order valence-electron chi connectivity index (χ0n) is 10.3. The van der Waals surface area contributed by atoms with Crippen molar-refractivity contribution < 1.29 is 9.18 Å². The van der Waals surface area contributed by atoms with Crippen LogP contribution in [0, 0.1) is 5.82 Å². The van der Waals surface area contributed by atoms with Crippen LogP contribution in [0.15, 0.2) is 48.7 Å². The molecule has 1 fully saturated rings. The predicted molar refractivity (Wildman–Crippen MR) is 70.5 cm³/mol. The Morgan fingerprint density at radius 1 is 1.16 bits per heavy atom. The number of carbonyl (C=O) groups excluding carboxylic acids is 1. The highest BCUT2D eigenvalue weighted by Gasteiger charge is 2.35. The van der Waals surface area contributed by atoms with Gasteiger partial charge in [0.1, 0.15) is 11.6 Å². The molecule has 0 atom stereocenters. The monoisotopic (exact) mass is 256 g/mol.